The first kappa shape index (κ1) is 105. The van der Waals surface area contributed by atoms with Crippen LogP contribution in [0.25, 0.3) is 0 Å². The third kappa shape index (κ3) is 77.8. The summed E-state index contributed by atoms with van der Waals surface area (Å²) in [5.74, 6) is 1.12. The Kier molecular flexibility index (Phi) is 75.3. The van der Waals surface area contributed by atoms with E-state index >= 15 is 0 Å². The largest absolute Gasteiger partial charge is 0.472 e. The smallest absolute Gasteiger partial charge is 0.462 e. The molecule has 17 nitrogen and oxygen atoms in total. The van der Waals surface area contributed by atoms with Crippen LogP contribution in [0.2, 0.25) is 0 Å². The molecule has 636 valence electrons. The molecule has 0 heterocycles. The average Bonchev–Trinajstić information content (AvgIpc) is 0.901. The number of ether oxygens (including phenoxy) is 4. The van der Waals surface area contributed by atoms with Crippen LogP contribution in [0.4, 0.5) is 0 Å². The molecule has 0 radical (unpaired) electrons. The van der Waals surface area contributed by atoms with Crippen molar-refractivity contribution in [2.24, 2.45) is 23.7 Å². The summed E-state index contributed by atoms with van der Waals surface area (Å²) in [5.41, 5.74) is 0. The fourth-order valence-corrected chi connectivity index (χ4v) is 15.2. The third-order valence-corrected chi connectivity index (χ3v) is 23.6. The predicted molar refractivity (Wildman–Crippen MR) is 441 cm³/mol. The van der Waals surface area contributed by atoms with Crippen molar-refractivity contribution in [1.29, 1.82) is 0 Å². The minimum atomic E-state index is -4.97. The number of aliphatic hydroxyl groups excluding tert-OH is 1. The molecule has 0 saturated heterocycles. The molecule has 0 aliphatic carbocycles. The molecule has 3 N–H and O–H groups in total. The van der Waals surface area contributed by atoms with E-state index < -0.39 is 97.5 Å². The van der Waals surface area contributed by atoms with E-state index in [1.54, 1.807) is 0 Å². The van der Waals surface area contributed by atoms with Crippen LogP contribution in [0.15, 0.2) is 0 Å². The van der Waals surface area contributed by atoms with Gasteiger partial charge in [-0.25, -0.2) is 9.13 Å². The van der Waals surface area contributed by atoms with E-state index in [2.05, 4.69) is 55.4 Å². The standard InChI is InChI=1S/C88H172O17P2/c1-9-79(6)65-57-49-41-35-29-25-21-17-13-15-19-23-27-31-39-45-55-63-71-88(93)105-84(75-99-86(91)69-61-53-47-46-51-59-67-81(8)11-3)77-103-107(96,97)101-73-82(89)72-100-106(94,95)102-76-83(74-98-85(90)68-60-52-43-37-33-32-36-42-50-58-66-80(7)10-2)104-87(92)70-62-54-44-38-30-26-22-18-14-12-16-20-24-28-34-40-48-56-64-78(4)5/h78-84,89H,9-77H2,1-8H3,(H,94,95)(H,96,97)/t79?,80?,81?,82-,83-,84-/m1/s1. The summed E-state index contributed by atoms with van der Waals surface area (Å²) in [6.45, 7) is 14.4. The molecule has 0 amide bonds. The summed E-state index contributed by atoms with van der Waals surface area (Å²) in [6, 6.07) is 0. The van der Waals surface area contributed by atoms with Gasteiger partial charge < -0.3 is 33.8 Å². The zero-order chi connectivity index (χ0) is 78.8. The average molecular weight is 1560 g/mol. The number of unbranched alkanes of at least 4 members (excludes halogenated alkanes) is 48. The highest BCUT2D eigenvalue weighted by Gasteiger charge is 2.31. The second kappa shape index (κ2) is 76.7. The van der Waals surface area contributed by atoms with Gasteiger partial charge in [0, 0.05) is 25.7 Å². The summed E-state index contributed by atoms with van der Waals surface area (Å²) in [4.78, 5) is 73.3. The molecule has 0 saturated carbocycles. The van der Waals surface area contributed by atoms with Crippen LogP contribution in [-0.4, -0.2) is 96.7 Å². The first-order valence-corrected chi connectivity index (χ1v) is 48.3. The number of hydrogen-bond acceptors (Lipinski definition) is 15. The zero-order valence-electron chi connectivity index (χ0n) is 70.8. The molecular formula is C88H172O17P2. The molecule has 0 fully saturated rings. The van der Waals surface area contributed by atoms with Gasteiger partial charge in [-0.1, -0.05) is 409 Å². The van der Waals surface area contributed by atoms with Crippen molar-refractivity contribution in [3.8, 4) is 0 Å². The van der Waals surface area contributed by atoms with Gasteiger partial charge in [0.25, 0.3) is 0 Å². The predicted octanol–water partition coefficient (Wildman–Crippen LogP) is 26.7. The number of esters is 4. The number of phosphoric ester groups is 2. The van der Waals surface area contributed by atoms with Gasteiger partial charge in [0.1, 0.15) is 19.3 Å². The van der Waals surface area contributed by atoms with Crippen molar-refractivity contribution in [3.05, 3.63) is 0 Å². The minimum Gasteiger partial charge on any atom is -0.462 e. The SMILES string of the molecule is CCC(C)CCCCCCCCCCCCCCCCCCCCC(=O)O[C@H](COC(=O)CCCCCCCCC(C)CC)COP(=O)(O)OC[C@H](O)COP(=O)(O)OC[C@@H](COC(=O)CCCCCCCCCCCCC(C)CC)OC(=O)CCCCCCCCCCCCCCCCCCCCC(C)C. The maximum absolute atomic E-state index is 13.1. The Balaban J connectivity index is 5.19. The first-order chi connectivity index (χ1) is 51.7. The van der Waals surface area contributed by atoms with Crippen LogP contribution in [0, 0.1) is 23.7 Å². The molecule has 0 aliphatic rings. The van der Waals surface area contributed by atoms with E-state index in [1.807, 2.05) is 0 Å². The Morgan fingerprint density at radius 3 is 0.664 bits per heavy atom. The summed E-state index contributed by atoms with van der Waals surface area (Å²) >= 11 is 0. The van der Waals surface area contributed by atoms with Crippen molar-refractivity contribution < 1.29 is 80.2 Å². The molecule has 0 aromatic heterocycles. The van der Waals surface area contributed by atoms with Crippen LogP contribution >= 0.6 is 15.6 Å². The van der Waals surface area contributed by atoms with Gasteiger partial charge in [0.2, 0.25) is 0 Å². The lowest BCUT2D eigenvalue weighted by Gasteiger charge is -2.21. The monoisotopic (exact) mass is 1560 g/mol. The van der Waals surface area contributed by atoms with E-state index in [0.717, 1.165) is 120 Å². The first-order valence-electron chi connectivity index (χ1n) is 45.3. The maximum Gasteiger partial charge on any atom is 0.472 e. The molecular weight excluding hydrogens is 1390 g/mol. The van der Waals surface area contributed by atoms with Gasteiger partial charge in [-0.05, 0) is 49.4 Å². The van der Waals surface area contributed by atoms with Crippen LogP contribution < -0.4 is 0 Å². The quantitative estimate of drug-likeness (QED) is 0.0222. The van der Waals surface area contributed by atoms with E-state index in [-0.39, 0.29) is 25.7 Å². The van der Waals surface area contributed by atoms with Crippen molar-refractivity contribution in [3.63, 3.8) is 0 Å². The Morgan fingerprint density at radius 1 is 0.262 bits per heavy atom. The van der Waals surface area contributed by atoms with Crippen LogP contribution in [0.5, 0.6) is 0 Å². The molecule has 8 atom stereocenters. The highest BCUT2D eigenvalue weighted by atomic mass is 31.2. The molecule has 0 aromatic carbocycles. The summed E-state index contributed by atoms with van der Waals surface area (Å²) < 4.78 is 68.9. The summed E-state index contributed by atoms with van der Waals surface area (Å²) in [7, 11) is -9.93. The molecule has 0 aromatic rings. The number of hydrogen-bond donors (Lipinski definition) is 3. The van der Waals surface area contributed by atoms with Gasteiger partial charge in [0.15, 0.2) is 12.2 Å². The van der Waals surface area contributed by atoms with E-state index in [4.69, 9.17) is 37.0 Å². The molecule has 5 unspecified atom stereocenters. The van der Waals surface area contributed by atoms with Gasteiger partial charge >= 0.3 is 39.5 Å². The lowest BCUT2D eigenvalue weighted by Crippen LogP contribution is -2.30. The summed E-state index contributed by atoms with van der Waals surface area (Å²) in [6.07, 6.45) is 66.7. The van der Waals surface area contributed by atoms with Gasteiger partial charge in [-0.3, -0.25) is 37.3 Å². The van der Waals surface area contributed by atoms with E-state index in [1.165, 1.54) is 257 Å². The van der Waals surface area contributed by atoms with Gasteiger partial charge in [0.05, 0.1) is 26.4 Å². The second-order valence-corrected chi connectivity index (χ2v) is 35.7. The fraction of sp³-hybridized carbons (Fsp3) is 0.955. The maximum atomic E-state index is 13.1. The lowest BCUT2D eigenvalue weighted by atomic mass is 9.99. The molecule has 0 aliphatic heterocycles. The Hall–Kier alpha value is -1.94. The Labute approximate surface area is 658 Å². The van der Waals surface area contributed by atoms with Crippen molar-refractivity contribution in [1.82, 2.24) is 0 Å². The number of phosphoric acid groups is 2. The van der Waals surface area contributed by atoms with Crippen molar-refractivity contribution >= 4 is 39.5 Å². The summed E-state index contributed by atoms with van der Waals surface area (Å²) in [5, 5.41) is 10.7. The minimum absolute atomic E-state index is 0.107. The lowest BCUT2D eigenvalue weighted by molar-refractivity contribution is -0.161. The highest BCUT2D eigenvalue weighted by Crippen LogP contribution is 2.45. The van der Waals surface area contributed by atoms with Gasteiger partial charge in [-0.15, -0.1) is 0 Å². The van der Waals surface area contributed by atoms with Crippen LogP contribution in [-0.2, 0) is 65.4 Å². The number of aliphatic hydroxyl groups is 1. The molecule has 19 heteroatoms. The normalized spacial score (nSPS) is 14.7. The second-order valence-electron chi connectivity index (χ2n) is 32.8. The number of rotatable bonds is 85. The fourth-order valence-electron chi connectivity index (χ4n) is 13.6. The molecule has 0 bridgehead atoms. The molecule has 0 spiro atoms. The third-order valence-electron chi connectivity index (χ3n) is 21.7. The van der Waals surface area contributed by atoms with Gasteiger partial charge in [-0.2, -0.15) is 0 Å². The van der Waals surface area contributed by atoms with Crippen LogP contribution in [0.1, 0.15) is 460 Å². The van der Waals surface area contributed by atoms with Crippen molar-refractivity contribution in [2.75, 3.05) is 39.6 Å². The number of carbonyl (C=O) groups is 4. The van der Waals surface area contributed by atoms with E-state index in [0.29, 0.717) is 25.7 Å². The van der Waals surface area contributed by atoms with Crippen molar-refractivity contribution in [2.45, 2.75) is 478 Å². The Morgan fingerprint density at radius 2 is 0.449 bits per heavy atom. The highest BCUT2D eigenvalue weighted by molar-refractivity contribution is 7.47. The zero-order valence-corrected chi connectivity index (χ0v) is 72.6. The molecule has 107 heavy (non-hydrogen) atoms. The number of carbonyl (C=O) groups excluding carboxylic acids is 4. The van der Waals surface area contributed by atoms with Crippen LogP contribution in [0.3, 0.4) is 0 Å². The van der Waals surface area contributed by atoms with E-state index in [9.17, 15) is 43.2 Å². The molecule has 0 rings (SSSR count). The topological polar surface area (TPSA) is 237 Å². The Bertz CT molecular complexity index is 2080.